The number of pyridine rings is 1. The van der Waals surface area contributed by atoms with Crippen LogP contribution in [0.15, 0.2) is 65.6 Å². The van der Waals surface area contributed by atoms with Gasteiger partial charge in [-0.3, -0.25) is 14.0 Å². The van der Waals surface area contributed by atoms with Crippen LogP contribution in [0.2, 0.25) is 5.15 Å². The molecule has 1 aromatic carbocycles. The molecule has 1 fully saturated rings. The minimum atomic E-state index is -4.69. The van der Waals surface area contributed by atoms with Crippen molar-refractivity contribution in [1.82, 2.24) is 9.38 Å². The molecule has 274 valence electrons. The van der Waals surface area contributed by atoms with Gasteiger partial charge in [0.15, 0.2) is 22.2 Å². The van der Waals surface area contributed by atoms with Crippen molar-refractivity contribution in [2.24, 2.45) is 5.92 Å². The Morgan fingerprint density at radius 1 is 1.00 bits per heavy atom. The van der Waals surface area contributed by atoms with Crippen molar-refractivity contribution in [2.45, 2.75) is 69.6 Å². The van der Waals surface area contributed by atoms with E-state index in [4.69, 9.17) is 25.5 Å². The van der Waals surface area contributed by atoms with Crippen LogP contribution >= 0.6 is 11.6 Å². The Balaban J connectivity index is 1.25. The van der Waals surface area contributed by atoms with Gasteiger partial charge in [0, 0.05) is 36.3 Å². The molecule has 3 aromatic heterocycles. The summed E-state index contributed by atoms with van der Waals surface area (Å²) in [6.07, 6.45) is 0.771. The van der Waals surface area contributed by atoms with E-state index >= 15 is 0 Å². The first-order valence-electron chi connectivity index (χ1n) is 16.7. The van der Waals surface area contributed by atoms with Crippen LogP contribution in [-0.2, 0) is 30.0 Å². The summed E-state index contributed by atoms with van der Waals surface area (Å²) in [5, 5.41) is 20.0. The number of carboxylic acid groups (broad SMARTS) is 1. The Morgan fingerprint density at radius 2 is 1.69 bits per heavy atom. The van der Waals surface area contributed by atoms with Gasteiger partial charge >= 0.3 is 24.1 Å². The number of rotatable bonds is 16. The highest BCUT2D eigenvalue weighted by atomic mass is 35.5. The van der Waals surface area contributed by atoms with Crippen LogP contribution < -0.4 is 4.90 Å². The number of carbonyl (C=O) groups is 3. The van der Waals surface area contributed by atoms with Gasteiger partial charge < -0.3 is 29.0 Å². The number of aliphatic carboxylic acids is 1. The van der Waals surface area contributed by atoms with E-state index in [-0.39, 0.29) is 47.2 Å². The van der Waals surface area contributed by atoms with Crippen molar-refractivity contribution in [3.8, 4) is 11.1 Å². The first-order valence-corrected chi connectivity index (χ1v) is 17.1. The number of nitrogens with zero attached hydrogens (tertiary/aromatic N) is 3. The van der Waals surface area contributed by atoms with Crippen LogP contribution in [0.4, 0.5) is 19.0 Å². The van der Waals surface area contributed by atoms with Crippen LogP contribution in [0, 0.1) is 5.92 Å². The van der Waals surface area contributed by atoms with Crippen molar-refractivity contribution < 1.29 is 51.7 Å². The second-order valence-corrected chi connectivity index (χ2v) is 13.1. The fraction of sp³-hybridized carbons (Fsp3) is 0.444. The molecular formula is C36H39ClF3N3O8. The number of aliphatic hydroxyl groups is 1. The lowest BCUT2D eigenvalue weighted by molar-refractivity contribution is -0.173. The van der Waals surface area contributed by atoms with Crippen LogP contribution in [0.25, 0.3) is 16.8 Å². The zero-order valence-electron chi connectivity index (χ0n) is 27.9. The third kappa shape index (κ3) is 9.03. The Hall–Kier alpha value is -4.56. The molecule has 2 N–H and O–H groups in total. The van der Waals surface area contributed by atoms with Gasteiger partial charge in [-0.05, 0) is 49.3 Å². The van der Waals surface area contributed by atoms with E-state index in [1.165, 1.54) is 23.1 Å². The molecule has 11 nitrogen and oxygen atoms in total. The number of esters is 2. The number of alkyl halides is 3. The topological polar surface area (TPSA) is 144 Å². The summed E-state index contributed by atoms with van der Waals surface area (Å²) in [7, 11) is 0. The summed E-state index contributed by atoms with van der Waals surface area (Å²) in [5.74, 6) is -3.34. The van der Waals surface area contributed by atoms with Crippen molar-refractivity contribution in [3.05, 3.63) is 77.5 Å². The third-order valence-electron chi connectivity index (χ3n) is 9.04. The maximum Gasteiger partial charge on any atom is 0.420 e. The SMILES string of the molecule is CCCCOC(=O)CC(O)(CC(=O)OCCCCC1CN(c2nc3c(C(F)(F)F)cc(-c4ccoc4)cn3c2Cl)CC1c1ccccc1)C(=O)O. The molecule has 0 radical (unpaired) electrons. The normalized spacial score (nSPS) is 17.4. The van der Waals surface area contributed by atoms with Gasteiger partial charge in [0.05, 0.1) is 44.1 Å². The molecule has 51 heavy (non-hydrogen) atoms. The Morgan fingerprint density at radius 3 is 2.29 bits per heavy atom. The second-order valence-electron chi connectivity index (χ2n) is 12.7. The lowest BCUT2D eigenvalue weighted by atomic mass is 9.86. The average molecular weight is 734 g/mol. The molecule has 1 aliphatic heterocycles. The van der Waals surface area contributed by atoms with Gasteiger partial charge in [-0.2, -0.15) is 13.2 Å². The van der Waals surface area contributed by atoms with Gasteiger partial charge in [-0.1, -0.05) is 55.3 Å². The number of carbonyl (C=O) groups excluding carboxylic acids is 2. The third-order valence-corrected chi connectivity index (χ3v) is 9.39. The van der Waals surface area contributed by atoms with Gasteiger partial charge in [-0.15, -0.1) is 0 Å². The summed E-state index contributed by atoms with van der Waals surface area (Å²) in [6.45, 7) is 2.84. The number of anilines is 1. The number of furan rings is 1. The standard InChI is InChI=1S/C36H39ClF3N3O8/c1-2-3-13-50-29(44)17-35(48,34(46)47)18-30(45)51-14-8-7-11-24-19-42(21-27(24)23-9-5-4-6-10-23)33-31(37)43-20-26(25-12-15-49-22-25)16-28(32(43)41-33)36(38,39)40/h4-6,9-10,12,15-16,20,22,24,27,48H,2-3,7-8,11,13-14,17-19,21H2,1H3,(H,46,47). The van der Waals surface area contributed by atoms with Crippen molar-refractivity contribution in [1.29, 1.82) is 0 Å². The Kier molecular flexibility index (Phi) is 12.0. The van der Waals surface area contributed by atoms with Gasteiger partial charge in [-0.25, -0.2) is 9.78 Å². The van der Waals surface area contributed by atoms with E-state index in [1.54, 1.807) is 6.07 Å². The average Bonchev–Trinajstić information content (AvgIpc) is 3.84. The van der Waals surface area contributed by atoms with E-state index in [0.717, 1.165) is 18.1 Å². The number of unbranched alkanes of at least 4 members (excludes halogenated alkanes) is 2. The number of aromatic nitrogens is 2. The van der Waals surface area contributed by atoms with E-state index in [9.17, 15) is 37.8 Å². The number of hydrogen-bond acceptors (Lipinski definition) is 9. The second kappa shape index (κ2) is 16.2. The predicted molar refractivity (Wildman–Crippen MR) is 180 cm³/mol. The van der Waals surface area contributed by atoms with Crippen molar-refractivity contribution >= 4 is 41.0 Å². The molecule has 4 heterocycles. The lowest BCUT2D eigenvalue weighted by Crippen LogP contribution is -2.43. The molecule has 0 amide bonds. The molecule has 0 bridgehead atoms. The fourth-order valence-electron chi connectivity index (χ4n) is 6.33. The molecule has 3 unspecified atom stereocenters. The van der Waals surface area contributed by atoms with Crippen LogP contribution in [0.1, 0.15) is 68.9 Å². The molecule has 4 aromatic rings. The van der Waals surface area contributed by atoms with E-state index in [2.05, 4.69) is 4.98 Å². The van der Waals surface area contributed by atoms with Crippen LogP contribution in [-0.4, -0.2) is 69.4 Å². The maximum absolute atomic E-state index is 14.3. The van der Waals surface area contributed by atoms with Crippen molar-refractivity contribution in [2.75, 3.05) is 31.2 Å². The zero-order valence-corrected chi connectivity index (χ0v) is 28.7. The van der Waals surface area contributed by atoms with Gasteiger partial charge in [0.1, 0.15) is 0 Å². The molecule has 1 aliphatic rings. The lowest BCUT2D eigenvalue weighted by Gasteiger charge is -2.21. The molecule has 0 saturated carbocycles. The Bertz CT molecular complexity index is 1820. The van der Waals surface area contributed by atoms with E-state index < -0.39 is 48.1 Å². The highest BCUT2D eigenvalue weighted by molar-refractivity contribution is 6.32. The molecule has 1 saturated heterocycles. The minimum Gasteiger partial charge on any atom is -0.479 e. The number of ether oxygens (including phenoxy) is 2. The number of carboxylic acids is 1. The van der Waals surface area contributed by atoms with Crippen LogP contribution in [0.3, 0.4) is 0 Å². The molecule has 15 heteroatoms. The molecule has 3 atom stereocenters. The summed E-state index contributed by atoms with van der Waals surface area (Å²) in [6, 6.07) is 12.3. The van der Waals surface area contributed by atoms with E-state index in [0.29, 0.717) is 44.3 Å². The highest BCUT2D eigenvalue weighted by Crippen LogP contribution is 2.43. The van der Waals surface area contributed by atoms with Crippen molar-refractivity contribution in [3.63, 3.8) is 0 Å². The zero-order chi connectivity index (χ0) is 36.8. The molecule has 0 spiro atoms. The minimum absolute atomic E-state index is 0.000797. The molecular weight excluding hydrogens is 695 g/mol. The quantitative estimate of drug-likeness (QED) is 0.0901. The van der Waals surface area contributed by atoms with E-state index in [1.807, 2.05) is 42.2 Å². The maximum atomic E-state index is 14.3. The fourth-order valence-corrected chi connectivity index (χ4v) is 6.63. The number of benzene rings is 1. The van der Waals surface area contributed by atoms with Gasteiger partial charge in [0.2, 0.25) is 0 Å². The monoisotopic (exact) mass is 733 g/mol. The largest absolute Gasteiger partial charge is 0.479 e. The Labute approximate surface area is 296 Å². The highest BCUT2D eigenvalue weighted by Gasteiger charge is 2.42. The summed E-state index contributed by atoms with van der Waals surface area (Å²) in [5.41, 5.74) is -2.10. The first-order chi connectivity index (χ1) is 24.3. The number of halogens is 4. The summed E-state index contributed by atoms with van der Waals surface area (Å²) in [4.78, 5) is 42.4. The number of imidazole rings is 1. The number of fused-ring (bicyclic) bond motifs is 1. The smallest absolute Gasteiger partial charge is 0.420 e. The summed E-state index contributed by atoms with van der Waals surface area (Å²) < 4.78 is 59.2. The van der Waals surface area contributed by atoms with Gasteiger partial charge in [0.25, 0.3) is 0 Å². The molecule has 0 aliphatic carbocycles. The first kappa shape index (κ1) is 37.7. The predicted octanol–water partition coefficient (Wildman–Crippen LogP) is 7.14. The number of hydrogen-bond donors (Lipinski definition) is 2. The molecule has 5 rings (SSSR count). The van der Waals surface area contributed by atoms with Crippen LogP contribution in [0.5, 0.6) is 0 Å². The summed E-state index contributed by atoms with van der Waals surface area (Å²) >= 11 is 6.77.